The lowest BCUT2D eigenvalue weighted by atomic mass is 9.70. The largest absolute Gasteiger partial charge is 0.354 e. The number of halogens is 1. The zero-order valence-corrected chi connectivity index (χ0v) is 16.7. The summed E-state index contributed by atoms with van der Waals surface area (Å²) in [6.45, 7) is 5.17. The molecule has 5 nitrogen and oxygen atoms in total. The third kappa shape index (κ3) is 3.96. The summed E-state index contributed by atoms with van der Waals surface area (Å²) in [7, 11) is 2.18. The van der Waals surface area contributed by atoms with Crippen LogP contribution in [0.15, 0.2) is 36.5 Å². The molecule has 0 amide bonds. The van der Waals surface area contributed by atoms with Crippen molar-refractivity contribution >= 4 is 17.5 Å². The van der Waals surface area contributed by atoms with Gasteiger partial charge in [0, 0.05) is 29.7 Å². The van der Waals surface area contributed by atoms with Gasteiger partial charge in [-0.2, -0.15) is 0 Å². The zero-order valence-electron chi connectivity index (χ0n) is 15.9. The normalized spacial score (nSPS) is 22.7. The van der Waals surface area contributed by atoms with Crippen molar-refractivity contribution < 1.29 is 0 Å². The summed E-state index contributed by atoms with van der Waals surface area (Å²) in [5.41, 5.74) is 2.09. The Hall–Kier alpha value is -1.69. The first-order valence-electron chi connectivity index (χ1n) is 9.89. The number of anilines is 1. The topological polar surface area (TPSA) is 53.1 Å². The van der Waals surface area contributed by atoms with Crippen LogP contribution in [-0.4, -0.2) is 54.6 Å². The smallest absolute Gasteiger partial charge is 0.222 e. The number of rotatable bonds is 5. The molecule has 0 unspecified atom stereocenters. The second kappa shape index (κ2) is 8.13. The van der Waals surface area contributed by atoms with Gasteiger partial charge in [0.15, 0.2) is 0 Å². The van der Waals surface area contributed by atoms with E-state index in [2.05, 4.69) is 45.8 Å². The van der Waals surface area contributed by atoms with E-state index in [0.29, 0.717) is 5.92 Å². The minimum atomic E-state index is -0.156. The van der Waals surface area contributed by atoms with E-state index in [-0.39, 0.29) is 5.41 Å². The van der Waals surface area contributed by atoms with Gasteiger partial charge < -0.3 is 15.5 Å². The molecule has 144 valence electrons. The van der Waals surface area contributed by atoms with E-state index in [1.165, 1.54) is 18.5 Å². The molecule has 2 aliphatic heterocycles. The lowest BCUT2D eigenvalue weighted by Gasteiger charge is -2.38. The molecule has 0 bridgehead atoms. The quantitative estimate of drug-likeness (QED) is 0.828. The fraction of sp³-hybridized carbons (Fsp3) is 0.524. The van der Waals surface area contributed by atoms with Crippen molar-refractivity contribution in [3.05, 3.63) is 52.8 Å². The first-order chi connectivity index (χ1) is 13.2. The van der Waals surface area contributed by atoms with Gasteiger partial charge in [-0.25, -0.2) is 9.97 Å². The molecule has 27 heavy (non-hydrogen) atoms. The fourth-order valence-electron chi connectivity index (χ4n) is 4.51. The molecule has 6 heteroatoms. The summed E-state index contributed by atoms with van der Waals surface area (Å²) in [6, 6.07) is 10.3. The van der Waals surface area contributed by atoms with Crippen LogP contribution in [0.3, 0.4) is 0 Å². The van der Waals surface area contributed by atoms with Gasteiger partial charge in [-0.15, -0.1) is 0 Å². The predicted octanol–water partition coefficient (Wildman–Crippen LogP) is 3.16. The standard InChI is InChI=1S/C21H28ClN5/c1-27-13-7-16(15-27)14-25-20-24-10-6-19(26-20)21(8-11-23-12-9-21)17-4-2-3-5-18(17)22/h2-6,10,16,23H,7-9,11-15H2,1H3,(H,24,25,26)/t16-/m1/s1. The van der Waals surface area contributed by atoms with Crippen molar-refractivity contribution in [2.75, 3.05) is 45.1 Å². The second-order valence-electron chi connectivity index (χ2n) is 7.88. The van der Waals surface area contributed by atoms with Crippen molar-refractivity contribution in [2.45, 2.75) is 24.7 Å². The van der Waals surface area contributed by atoms with Crippen LogP contribution in [0.2, 0.25) is 5.02 Å². The summed E-state index contributed by atoms with van der Waals surface area (Å²) < 4.78 is 0. The van der Waals surface area contributed by atoms with Gasteiger partial charge in [-0.05, 0) is 69.6 Å². The van der Waals surface area contributed by atoms with Crippen LogP contribution in [0.25, 0.3) is 0 Å². The van der Waals surface area contributed by atoms with Gasteiger partial charge in [0.2, 0.25) is 5.95 Å². The summed E-state index contributed by atoms with van der Waals surface area (Å²) in [6.07, 6.45) is 5.09. The maximum atomic E-state index is 6.61. The molecule has 2 N–H and O–H groups in total. The van der Waals surface area contributed by atoms with Gasteiger partial charge in [0.05, 0.1) is 5.69 Å². The molecule has 0 spiro atoms. The van der Waals surface area contributed by atoms with Gasteiger partial charge in [0.25, 0.3) is 0 Å². The summed E-state index contributed by atoms with van der Waals surface area (Å²) >= 11 is 6.61. The maximum absolute atomic E-state index is 6.61. The number of likely N-dealkylation sites (tertiary alicyclic amines) is 1. The van der Waals surface area contributed by atoms with Crippen LogP contribution >= 0.6 is 11.6 Å². The Morgan fingerprint density at radius 3 is 2.81 bits per heavy atom. The van der Waals surface area contributed by atoms with Gasteiger partial charge in [-0.3, -0.25) is 0 Å². The number of aromatic nitrogens is 2. The minimum Gasteiger partial charge on any atom is -0.354 e. The molecule has 4 rings (SSSR count). The molecular weight excluding hydrogens is 358 g/mol. The van der Waals surface area contributed by atoms with Gasteiger partial charge in [-0.1, -0.05) is 29.8 Å². The van der Waals surface area contributed by atoms with E-state index in [4.69, 9.17) is 16.6 Å². The molecule has 2 aliphatic rings. The number of hydrogen-bond donors (Lipinski definition) is 2. The van der Waals surface area contributed by atoms with E-state index >= 15 is 0 Å². The molecule has 0 radical (unpaired) electrons. The molecule has 1 aromatic heterocycles. The Bertz CT molecular complexity index is 775. The maximum Gasteiger partial charge on any atom is 0.222 e. The highest BCUT2D eigenvalue weighted by Crippen LogP contribution is 2.42. The molecular formula is C21H28ClN5. The summed E-state index contributed by atoms with van der Waals surface area (Å²) in [5, 5.41) is 7.77. The molecule has 3 heterocycles. The molecule has 2 aromatic rings. The Balaban J connectivity index is 1.60. The molecule has 2 saturated heterocycles. The number of hydrogen-bond acceptors (Lipinski definition) is 5. The van der Waals surface area contributed by atoms with Crippen molar-refractivity contribution in [3.8, 4) is 0 Å². The van der Waals surface area contributed by atoms with Crippen LogP contribution in [0.1, 0.15) is 30.5 Å². The Labute approximate surface area is 166 Å². The highest BCUT2D eigenvalue weighted by Gasteiger charge is 2.38. The Kier molecular flexibility index (Phi) is 5.62. The zero-order chi connectivity index (χ0) is 18.7. The predicted molar refractivity (Wildman–Crippen MR) is 110 cm³/mol. The second-order valence-corrected chi connectivity index (χ2v) is 8.28. The van der Waals surface area contributed by atoms with Crippen LogP contribution in [0.5, 0.6) is 0 Å². The lowest BCUT2D eigenvalue weighted by Crippen LogP contribution is -2.41. The van der Waals surface area contributed by atoms with Crippen LogP contribution in [0, 0.1) is 5.92 Å². The number of piperidine rings is 1. The molecule has 0 aliphatic carbocycles. The average Bonchev–Trinajstić information content (AvgIpc) is 3.13. The highest BCUT2D eigenvalue weighted by molar-refractivity contribution is 6.31. The van der Waals surface area contributed by atoms with E-state index in [1.807, 2.05) is 18.3 Å². The van der Waals surface area contributed by atoms with Crippen molar-refractivity contribution in [1.82, 2.24) is 20.2 Å². The van der Waals surface area contributed by atoms with Crippen LogP contribution in [0.4, 0.5) is 5.95 Å². The number of nitrogens with zero attached hydrogens (tertiary/aromatic N) is 3. The monoisotopic (exact) mass is 385 g/mol. The average molecular weight is 386 g/mol. The summed E-state index contributed by atoms with van der Waals surface area (Å²) in [5.74, 6) is 1.39. The lowest BCUT2D eigenvalue weighted by molar-refractivity contribution is 0.354. The Morgan fingerprint density at radius 1 is 1.26 bits per heavy atom. The van der Waals surface area contributed by atoms with Gasteiger partial charge in [0.1, 0.15) is 0 Å². The first kappa shape index (κ1) is 18.7. The van der Waals surface area contributed by atoms with Crippen LogP contribution in [-0.2, 0) is 5.41 Å². The molecule has 1 atom stereocenters. The number of nitrogens with one attached hydrogen (secondary N) is 2. The van der Waals surface area contributed by atoms with Crippen molar-refractivity contribution in [2.24, 2.45) is 5.92 Å². The van der Waals surface area contributed by atoms with E-state index in [0.717, 1.165) is 55.7 Å². The van der Waals surface area contributed by atoms with Crippen molar-refractivity contribution in [1.29, 1.82) is 0 Å². The minimum absolute atomic E-state index is 0.156. The van der Waals surface area contributed by atoms with E-state index in [9.17, 15) is 0 Å². The van der Waals surface area contributed by atoms with E-state index in [1.54, 1.807) is 0 Å². The SMILES string of the molecule is CN1CC[C@H](CNc2nccc(C3(c4ccccc4Cl)CCNCC3)n2)C1. The highest BCUT2D eigenvalue weighted by atomic mass is 35.5. The molecule has 2 fully saturated rings. The Morgan fingerprint density at radius 2 is 2.07 bits per heavy atom. The van der Waals surface area contributed by atoms with E-state index < -0.39 is 0 Å². The molecule has 0 saturated carbocycles. The molecule has 1 aromatic carbocycles. The third-order valence-corrected chi connectivity index (χ3v) is 6.36. The van der Waals surface area contributed by atoms with Crippen molar-refractivity contribution in [3.63, 3.8) is 0 Å². The van der Waals surface area contributed by atoms with Crippen LogP contribution < -0.4 is 10.6 Å². The third-order valence-electron chi connectivity index (χ3n) is 6.03. The summed E-state index contributed by atoms with van der Waals surface area (Å²) in [4.78, 5) is 11.8. The first-order valence-corrected chi connectivity index (χ1v) is 10.3. The number of benzene rings is 1. The van der Waals surface area contributed by atoms with Gasteiger partial charge >= 0.3 is 0 Å². The fourth-order valence-corrected chi connectivity index (χ4v) is 4.82.